The summed E-state index contributed by atoms with van der Waals surface area (Å²) in [5, 5.41) is 6.17. The Kier molecular flexibility index (Phi) is 5.99. The molecule has 0 bridgehead atoms. The van der Waals surface area contributed by atoms with Gasteiger partial charge in [-0.25, -0.2) is 4.98 Å². The molecule has 1 amide bonds. The van der Waals surface area contributed by atoms with Crippen LogP contribution < -0.4 is 10.2 Å². The fourth-order valence-electron chi connectivity index (χ4n) is 2.72. The Morgan fingerprint density at radius 3 is 3.00 bits per heavy atom. The molecule has 21 heavy (non-hydrogen) atoms. The summed E-state index contributed by atoms with van der Waals surface area (Å²) in [7, 11) is 0. The zero-order chi connectivity index (χ0) is 15.2. The van der Waals surface area contributed by atoms with Crippen LogP contribution in [-0.4, -0.2) is 42.7 Å². The Labute approximate surface area is 130 Å². The van der Waals surface area contributed by atoms with Gasteiger partial charge in [0.25, 0.3) is 0 Å². The molecule has 2 heterocycles. The van der Waals surface area contributed by atoms with Gasteiger partial charge >= 0.3 is 0 Å². The zero-order valence-electron chi connectivity index (χ0n) is 13.0. The highest BCUT2D eigenvalue weighted by atomic mass is 32.1. The van der Waals surface area contributed by atoms with E-state index in [2.05, 4.69) is 22.1 Å². The zero-order valence-corrected chi connectivity index (χ0v) is 13.9. The number of nitrogens with one attached hydrogen (secondary N) is 1. The first-order valence-corrected chi connectivity index (χ1v) is 8.53. The SMILES string of the molecule is CCC[C@@H]1CN(c2nccs2)C[C@H]1NC(=O)COC(C)C. The predicted octanol–water partition coefficient (Wildman–Crippen LogP) is 2.29. The van der Waals surface area contributed by atoms with Gasteiger partial charge in [-0.05, 0) is 26.2 Å². The van der Waals surface area contributed by atoms with Gasteiger partial charge in [0.15, 0.2) is 5.13 Å². The molecule has 0 spiro atoms. The Balaban J connectivity index is 1.91. The van der Waals surface area contributed by atoms with Crippen molar-refractivity contribution in [3.05, 3.63) is 11.6 Å². The second-order valence-electron chi connectivity index (χ2n) is 5.80. The fraction of sp³-hybridized carbons (Fsp3) is 0.733. The maximum atomic E-state index is 12.0. The van der Waals surface area contributed by atoms with Crippen molar-refractivity contribution in [1.82, 2.24) is 10.3 Å². The molecule has 2 rings (SSSR count). The Hall–Kier alpha value is -1.14. The van der Waals surface area contributed by atoms with Crippen molar-refractivity contribution in [3.8, 4) is 0 Å². The average molecular weight is 311 g/mol. The third-order valence-electron chi connectivity index (χ3n) is 3.68. The molecule has 6 heteroatoms. The topological polar surface area (TPSA) is 54.5 Å². The van der Waals surface area contributed by atoms with E-state index in [4.69, 9.17) is 4.74 Å². The monoisotopic (exact) mass is 311 g/mol. The van der Waals surface area contributed by atoms with Crippen molar-refractivity contribution in [2.45, 2.75) is 45.8 Å². The number of carbonyl (C=O) groups excluding carboxylic acids is 1. The summed E-state index contributed by atoms with van der Waals surface area (Å²) >= 11 is 1.65. The van der Waals surface area contributed by atoms with Crippen molar-refractivity contribution < 1.29 is 9.53 Å². The van der Waals surface area contributed by atoms with E-state index in [9.17, 15) is 4.79 Å². The van der Waals surface area contributed by atoms with E-state index < -0.39 is 0 Å². The van der Waals surface area contributed by atoms with Gasteiger partial charge in [-0.15, -0.1) is 11.3 Å². The maximum absolute atomic E-state index is 12.0. The van der Waals surface area contributed by atoms with Gasteiger partial charge in [0.1, 0.15) is 6.61 Å². The molecule has 0 aromatic carbocycles. The third kappa shape index (κ3) is 4.68. The van der Waals surface area contributed by atoms with Crippen LogP contribution in [0.5, 0.6) is 0 Å². The number of aromatic nitrogens is 1. The number of carbonyl (C=O) groups is 1. The molecule has 0 aliphatic carbocycles. The first kappa shape index (κ1) is 16.2. The molecule has 0 unspecified atom stereocenters. The molecule has 1 saturated heterocycles. The van der Waals surface area contributed by atoms with Crippen LogP contribution in [0.2, 0.25) is 0 Å². The molecule has 1 fully saturated rings. The van der Waals surface area contributed by atoms with Crippen molar-refractivity contribution in [2.75, 3.05) is 24.6 Å². The number of amides is 1. The van der Waals surface area contributed by atoms with Crippen LogP contribution in [0.4, 0.5) is 5.13 Å². The van der Waals surface area contributed by atoms with Crippen LogP contribution >= 0.6 is 11.3 Å². The molecule has 118 valence electrons. The van der Waals surface area contributed by atoms with E-state index >= 15 is 0 Å². The second kappa shape index (κ2) is 7.75. The number of hydrogen-bond donors (Lipinski definition) is 1. The van der Waals surface area contributed by atoms with Crippen LogP contribution in [0.25, 0.3) is 0 Å². The van der Waals surface area contributed by atoms with Gasteiger partial charge in [0.2, 0.25) is 5.91 Å². The standard InChI is InChI=1S/C15H25N3O2S/c1-4-5-12-8-18(15-16-6-7-21-15)9-13(12)17-14(19)10-20-11(2)3/h6-7,11-13H,4-5,8-10H2,1-3H3,(H,17,19)/t12-,13-/m1/s1. The molecule has 1 aliphatic rings. The van der Waals surface area contributed by atoms with Gasteiger partial charge in [0.05, 0.1) is 12.1 Å². The largest absolute Gasteiger partial charge is 0.369 e. The Morgan fingerprint density at radius 1 is 1.57 bits per heavy atom. The summed E-state index contributed by atoms with van der Waals surface area (Å²) in [5.74, 6) is 0.470. The minimum absolute atomic E-state index is 0.0178. The Morgan fingerprint density at radius 2 is 2.38 bits per heavy atom. The lowest BCUT2D eigenvalue weighted by atomic mass is 9.98. The molecule has 0 saturated carbocycles. The lowest BCUT2D eigenvalue weighted by Crippen LogP contribution is -2.42. The lowest BCUT2D eigenvalue weighted by molar-refractivity contribution is -0.127. The first-order chi connectivity index (χ1) is 10.1. The molecular formula is C15H25N3O2S. The van der Waals surface area contributed by atoms with E-state index in [-0.39, 0.29) is 24.7 Å². The van der Waals surface area contributed by atoms with E-state index in [1.165, 1.54) is 0 Å². The quantitative estimate of drug-likeness (QED) is 0.839. The van der Waals surface area contributed by atoms with Crippen molar-refractivity contribution in [1.29, 1.82) is 0 Å². The average Bonchev–Trinajstić information content (AvgIpc) is 3.07. The van der Waals surface area contributed by atoms with Crippen LogP contribution in [-0.2, 0) is 9.53 Å². The second-order valence-corrected chi connectivity index (χ2v) is 6.68. The summed E-state index contributed by atoms with van der Waals surface area (Å²) in [6.45, 7) is 8.01. The van der Waals surface area contributed by atoms with Crippen LogP contribution in [0.1, 0.15) is 33.6 Å². The van der Waals surface area contributed by atoms with Crippen molar-refractivity contribution >= 4 is 22.4 Å². The number of ether oxygens (including phenoxy) is 1. The molecular weight excluding hydrogens is 286 g/mol. The van der Waals surface area contributed by atoms with Gasteiger partial charge in [0, 0.05) is 24.7 Å². The van der Waals surface area contributed by atoms with Gasteiger partial charge in [-0.1, -0.05) is 13.3 Å². The minimum Gasteiger partial charge on any atom is -0.369 e. The smallest absolute Gasteiger partial charge is 0.246 e. The van der Waals surface area contributed by atoms with E-state index in [0.29, 0.717) is 5.92 Å². The van der Waals surface area contributed by atoms with Crippen molar-refractivity contribution in [2.24, 2.45) is 5.92 Å². The molecule has 1 aromatic heterocycles. The lowest BCUT2D eigenvalue weighted by Gasteiger charge is -2.19. The predicted molar refractivity (Wildman–Crippen MR) is 85.7 cm³/mol. The molecule has 1 aromatic rings. The van der Waals surface area contributed by atoms with Gasteiger partial charge in [-0.2, -0.15) is 0 Å². The summed E-state index contributed by atoms with van der Waals surface area (Å²) in [6, 6.07) is 0.192. The fourth-order valence-corrected chi connectivity index (χ4v) is 3.38. The highest BCUT2D eigenvalue weighted by molar-refractivity contribution is 7.13. The number of hydrogen-bond acceptors (Lipinski definition) is 5. The Bertz CT molecular complexity index is 436. The number of nitrogens with zero attached hydrogens (tertiary/aromatic N) is 2. The highest BCUT2D eigenvalue weighted by Gasteiger charge is 2.34. The molecule has 1 N–H and O–H groups in total. The summed E-state index contributed by atoms with van der Waals surface area (Å²) in [6.07, 6.45) is 4.16. The minimum atomic E-state index is -0.0178. The number of rotatable bonds is 7. The van der Waals surface area contributed by atoms with Crippen LogP contribution in [0, 0.1) is 5.92 Å². The number of anilines is 1. The maximum Gasteiger partial charge on any atom is 0.246 e. The molecule has 5 nitrogen and oxygen atoms in total. The highest BCUT2D eigenvalue weighted by Crippen LogP contribution is 2.28. The van der Waals surface area contributed by atoms with Crippen molar-refractivity contribution in [3.63, 3.8) is 0 Å². The summed E-state index contributed by atoms with van der Waals surface area (Å²) < 4.78 is 5.37. The molecule has 2 atom stereocenters. The summed E-state index contributed by atoms with van der Waals surface area (Å²) in [5.41, 5.74) is 0. The summed E-state index contributed by atoms with van der Waals surface area (Å²) in [4.78, 5) is 18.6. The van der Waals surface area contributed by atoms with Gasteiger partial charge < -0.3 is 15.0 Å². The van der Waals surface area contributed by atoms with E-state index in [1.807, 2.05) is 25.4 Å². The van der Waals surface area contributed by atoms with E-state index in [1.54, 1.807) is 11.3 Å². The van der Waals surface area contributed by atoms with Crippen LogP contribution in [0.3, 0.4) is 0 Å². The van der Waals surface area contributed by atoms with Gasteiger partial charge in [-0.3, -0.25) is 4.79 Å². The number of thiazole rings is 1. The van der Waals surface area contributed by atoms with Crippen LogP contribution in [0.15, 0.2) is 11.6 Å². The first-order valence-electron chi connectivity index (χ1n) is 7.65. The molecule has 0 radical (unpaired) electrons. The van der Waals surface area contributed by atoms with E-state index in [0.717, 1.165) is 31.1 Å². The molecule has 1 aliphatic heterocycles. The third-order valence-corrected chi connectivity index (χ3v) is 4.52. The normalized spacial score (nSPS) is 22.0.